The van der Waals surface area contributed by atoms with E-state index in [1.165, 1.54) is 4.68 Å². The Kier molecular flexibility index (Phi) is 5.67. The first-order chi connectivity index (χ1) is 14.2. The van der Waals surface area contributed by atoms with Crippen LogP contribution in [0, 0.1) is 0 Å². The van der Waals surface area contributed by atoms with Gasteiger partial charge in [0, 0.05) is 50.4 Å². The summed E-state index contributed by atoms with van der Waals surface area (Å²) in [7, 11) is 0. The maximum Gasteiger partial charge on any atom is 0.275 e. The molecule has 1 aliphatic heterocycles. The third-order valence-electron chi connectivity index (χ3n) is 5.50. The molecule has 0 atom stereocenters. The van der Waals surface area contributed by atoms with Gasteiger partial charge >= 0.3 is 0 Å². The number of nitrogens with zero attached hydrogens (tertiary/aromatic N) is 5. The SMILES string of the molecule is CCN1CCN(C(=O)Cn2nc(Cc3cccnc3)c3ccccc3c2=O)CC1. The number of benzene rings is 1. The number of likely N-dealkylation sites (N-methyl/N-ethyl adjacent to an activating group) is 1. The molecule has 2 aromatic heterocycles. The number of amides is 1. The van der Waals surface area contributed by atoms with Crippen molar-refractivity contribution in [3.63, 3.8) is 0 Å². The van der Waals surface area contributed by atoms with Crippen LogP contribution in [0.1, 0.15) is 18.2 Å². The largest absolute Gasteiger partial charge is 0.339 e. The Morgan fingerprint density at radius 1 is 1.03 bits per heavy atom. The van der Waals surface area contributed by atoms with Crippen LogP contribution in [0.15, 0.2) is 53.6 Å². The maximum absolute atomic E-state index is 13.0. The van der Waals surface area contributed by atoms with Crippen LogP contribution < -0.4 is 5.56 Å². The average Bonchev–Trinajstić information content (AvgIpc) is 2.77. The van der Waals surface area contributed by atoms with Gasteiger partial charge in [0.1, 0.15) is 6.54 Å². The molecule has 1 aliphatic rings. The number of hydrogen-bond acceptors (Lipinski definition) is 5. The standard InChI is InChI=1S/C22H25N5O2/c1-2-25-10-12-26(13-11-25)21(28)16-27-22(29)19-8-4-3-7-18(19)20(24-27)14-17-6-5-9-23-15-17/h3-9,15H,2,10-14,16H2,1H3. The molecule has 0 bridgehead atoms. The molecule has 0 aliphatic carbocycles. The third kappa shape index (κ3) is 4.19. The summed E-state index contributed by atoms with van der Waals surface area (Å²) in [5.41, 5.74) is 1.56. The molecule has 1 amide bonds. The molecule has 0 radical (unpaired) electrons. The summed E-state index contributed by atoms with van der Waals surface area (Å²) in [4.78, 5) is 34.1. The normalized spacial score (nSPS) is 15.0. The molecule has 1 fully saturated rings. The summed E-state index contributed by atoms with van der Waals surface area (Å²) >= 11 is 0. The lowest BCUT2D eigenvalue weighted by Crippen LogP contribution is -2.50. The number of hydrogen-bond donors (Lipinski definition) is 0. The van der Waals surface area contributed by atoms with Crippen LogP contribution in [-0.2, 0) is 17.8 Å². The monoisotopic (exact) mass is 391 g/mol. The van der Waals surface area contributed by atoms with Gasteiger partial charge in [-0.25, -0.2) is 4.68 Å². The molecule has 1 saturated heterocycles. The number of pyridine rings is 1. The highest BCUT2D eigenvalue weighted by Crippen LogP contribution is 2.16. The zero-order valence-electron chi connectivity index (χ0n) is 16.6. The van der Waals surface area contributed by atoms with E-state index < -0.39 is 0 Å². The third-order valence-corrected chi connectivity index (χ3v) is 5.50. The lowest BCUT2D eigenvalue weighted by atomic mass is 10.1. The first-order valence-electron chi connectivity index (χ1n) is 10.0. The van der Waals surface area contributed by atoms with E-state index in [2.05, 4.69) is 21.9 Å². The van der Waals surface area contributed by atoms with Gasteiger partial charge in [-0.05, 0) is 24.2 Å². The van der Waals surface area contributed by atoms with Gasteiger partial charge in [0.25, 0.3) is 5.56 Å². The average molecular weight is 391 g/mol. The predicted molar refractivity (Wildman–Crippen MR) is 112 cm³/mol. The van der Waals surface area contributed by atoms with Gasteiger partial charge in [-0.2, -0.15) is 5.10 Å². The van der Waals surface area contributed by atoms with Crippen LogP contribution in [0.2, 0.25) is 0 Å². The number of carbonyl (C=O) groups is 1. The van der Waals surface area contributed by atoms with Crippen molar-refractivity contribution in [2.24, 2.45) is 0 Å². The summed E-state index contributed by atoms with van der Waals surface area (Å²) in [6.07, 6.45) is 4.08. The van der Waals surface area contributed by atoms with Crippen LogP contribution in [0.3, 0.4) is 0 Å². The Morgan fingerprint density at radius 3 is 2.48 bits per heavy atom. The second-order valence-electron chi connectivity index (χ2n) is 7.31. The molecule has 7 nitrogen and oxygen atoms in total. The molecule has 7 heteroatoms. The number of carbonyl (C=O) groups excluding carboxylic acids is 1. The van der Waals surface area contributed by atoms with Crippen molar-refractivity contribution >= 4 is 16.7 Å². The quantitative estimate of drug-likeness (QED) is 0.660. The molecule has 29 heavy (non-hydrogen) atoms. The van der Waals surface area contributed by atoms with Crippen molar-refractivity contribution in [3.05, 3.63) is 70.4 Å². The molecule has 0 unspecified atom stereocenters. The second-order valence-corrected chi connectivity index (χ2v) is 7.31. The first-order valence-corrected chi connectivity index (χ1v) is 10.0. The van der Waals surface area contributed by atoms with E-state index >= 15 is 0 Å². The highest BCUT2D eigenvalue weighted by Gasteiger charge is 2.21. The second kappa shape index (κ2) is 8.53. The summed E-state index contributed by atoms with van der Waals surface area (Å²) in [5.74, 6) is -0.0574. The van der Waals surface area contributed by atoms with Crippen molar-refractivity contribution in [2.45, 2.75) is 19.9 Å². The fourth-order valence-electron chi connectivity index (χ4n) is 3.78. The van der Waals surface area contributed by atoms with Crippen molar-refractivity contribution < 1.29 is 4.79 Å². The number of piperazine rings is 1. The maximum atomic E-state index is 13.0. The number of fused-ring (bicyclic) bond motifs is 1. The smallest absolute Gasteiger partial charge is 0.275 e. The van der Waals surface area contributed by atoms with Gasteiger partial charge < -0.3 is 9.80 Å². The lowest BCUT2D eigenvalue weighted by molar-refractivity contribution is -0.133. The van der Waals surface area contributed by atoms with E-state index in [4.69, 9.17) is 0 Å². The zero-order valence-corrected chi connectivity index (χ0v) is 16.6. The van der Waals surface area contributed by atoms with Crippen LogP contribution in [0.4, 0.5) is 0 Å². The number of rotatable bonds is 5. The highest BCUT2D eigenvalue weighted by atomic mass is 16.2. The molecular weight excluding hydrogens is 366 g/mol. The summed E-state index contributed by atoms with van der Waals surface area (Å²) in [6, 6.07) is 11.3. The van der Waals surface area contributed by atoms with Gasteiger partial charge in [-0.3, -0.25) is 14.6 Å². The fraction of sp³-hybridized carbons (Fsp3) is 0.364. The van der Waals surface area contributed by atoms with Gasteiger partial charge in [-0.15, -0.1) is 0 Å². The fourth-order valence-corrected chi connectivity index (χ4v) is 3.78. The zero-order chi connectivity index (χ0) is 20.2. The minimum Gasteiger partial charge on any atom is -0.339 e. The van der Waals surface area contributed by atoms with Crippen LogP contribution >= 0.6 is 0 Å². The van der Waals surface area contributed by atoms with Gasteiger partial charge in [0.2, 0.25) is 5.91 Å². The molecule has 3 heterocycles. The summed E-state index contributed by atoms with van der Waals surface area (Å²) in [5, 5.41) is 5.99. The Bertz CT molecular complexity index is 1060. The Hall–Kier alpha value is -3.06. The van der Waals surface area contributed by atoms with Crippen molar-refractivity contribution in [1.29, 1.82) is 0 Å². The van der Waals surface area contributed by atoms with Crippen LogP contribution in [0.5, 0.6) is 0 Å². The van der Waals surface area contributed by atoms with E-state index in [1.54, 1.807) is 18.5 Å². The van der Waals surface area contributed by atoms with E-state index in [-0.39, 0.29) is 18.0 Å². The lowest BCUT2D eigenvalue weighted by Gasteiger charge is -2.34. The predicted octanol–water partition coefficient (Wildman–Crippen LogP) is 1.55. The van der Waals surface area contributed by atoms with E-state index in [0.717, 1.165) is 36.3 Å². The molecule has 1 aromatic carbocycles. The van der Waals surface area contributed by atoms with Gasteiger partial charge in [0.05, 0.1) is 11.1 Å². The van der Waals surface area contributed by atoms with Crippen molar-refractivity contribution in [1.82, 2.24) is 24.6 Å². The Morgan fingerprint density at radius 2 is 1.79 bits per heavy atom. The molecule has 0 spiro atoms. The van der Waals surface area contributed by atoms with Gasteiger partial charge in [-0.1, -0.05) is 31.2 Å². The minimum atomic E-state index is -0.226. The summed E-state index contributed by atoms with van der Waals surface area (Å²) < 4.78 is 1.32. The molecule has 0 saturated carbocycles. The number of aromatic nitrogens is 3. The Balaban J connectivity index is 1.63. The molecule has 4 rings (SSSR count). The van der Waals surface area contributed by atoms with Crippen molar-refractivity contribution in [2.75, 3.05) is 32.7 Å². The topological polar surface area (TPSA) is 71.3 Å². The Labute approximate surface area is 169 Å². The minimum absolute atomic E-state index is 0.0319. The highest BCUT2D eigenvalue weighted by molar-refractivity contribution is 5.84. The van der Waals surface area contributed by atoms with E-state index in [9.17, 15) is 9.59 Å². The van der Waals surface area contributed by atoms with Crippen LogP contribution in [0.25, 0.3) is 10.8 Å². The van der Waals surface area contributed by atoms with Crippen LogP contribution in [-0.4, -0.2) is 63.2 Å². The van der Waals surface area contributed by atoms with E-state index in [0.29, 0.717) is 24.9 Å². The summed E-state index contributed by atoms with van der Waals surface area (Å²) in [6.45, 7) is 6.21. The molecule has 0 N–H and O–H groups in total. The molecule has 3 aromatic rings. The first kappa shape index (κ1) is 19.3. The molecular formula is C22H25N5O2. The van der Waals surface area contributed by atoms with Crippen molar-refractivity contribution in [3.8, 4) is 0 Å². The van der Waals surface area contributed by atoms with Gasteiger partial charge in [0.15, 0.2) is 0 Å². The molecule has 150 valence electrons. The van der Waals surface area contributed by atoms with E-state index in [1.807, 2.05) is 35.2 Å².